The Hall–Kier alpha value is -2.38. The predicted molar refractivity (Wildman–Crippen MR) is 125 cm³/mol. The van der Waals surface area contributed by atoms with Crippen LogP contribution in [0.5, 0.6) is 0 Å². The molecule has 2 aromatic carbocycles. The smallest absolute Gasteiger partial charge is 0.237 e. The lowest BCUT2D eigenvalue weighted by atomic mass is 9.56. The number of likely N-dealkylation sites (tertiary alicyclic amines) is 1. The average Bonchev–Trinajstić information content (AvgIpc) is 3.40. The van der Waals surface area contributed by atoms with Crippen LogP contribution in [0.2, 0.25) is 5.02 Å². The molecule has 3 N–H and O–H groups in total. The number of nitrogens with two attached hydrogens (primary N) is 1. The number of hydrogen-bond acceptors (Lipinski definition) is 3. The number of anilines is 1. The van der Waals surface area contributed by atoms with Crippen LogP contribution < -0.4 is 11.1 Å². The minimum Gasteiger partial charge on any atom is -0.368 e. The van der Waals surface area contributed by atoms with Gasteiger partial charge in [-0.05, 0) is 53.6 Å². The largest absolute Gasteiger partial charge is 0.368 e. The van der Waals surface area contributed by atoms with Crippen LogP contribution in [0.1, 0.15) is 43.2 Å². The standard InChI is InChI=1S/C24H23BrClN3O3/c1-23(7-8-23)21-24(16-6-5-14(25)10-18(16)28-22(24)32)17(13-3-2-4-15(26)9-13)11-20(31)29(21)12-19(27)30/h2-6,9-10,17,21H,7-8,11-12H2,1H3,(H2,27,30)(H,28,32)/t17-,21+,24-/m1/s1. The molecule has 1 spiro atoms. The number of carbonyl (C=O) groups is 3. The van der Waals surface area contributed by atoms with E-state index >= 15 is 0 Å². The number of nitrogens with one attached hydrogen (secondary N) is 1. The van der Waals surface area contributed by atoms with Gasteiger partial charge in [-0.3, -0.25) is 14.4 Å². The summed E-state index contributed by atoms with van der Waals surface area (Å²) >= 11 is 9.82. The number of carbonyl (C=O) groups excluding carboxylic acids is 3. The number of primary amides is 1. The molecule has 1 saturated carbocycles. The normalized spacial score (nSPS) is 27.9. The van der Waals surface area contributed by atoms with Crippen LogP contribution in [0.25, 0.3) is 0 Å². The van der Waals surface area contributed by atoms with Crippen molar-refractivity contribution in [2.24, 2.45) is 11.1 Å². The van der Waals surface area contributed by atoms with E-state index in [1.54, 1.807) is 11.0 Å². The van der Waals surface area contributed by atoms with Gasteiger partial charge in [0.1, 0.15) is 5.41 Å². The monoisotopic (exact) mass is 515 g/mol. The molecule has 2 fully saturated rings. The van der Waals surface area contributed by atoms with Gasteiger partial charge in [0.25, 0.3) is 0 Å². The lowest BCUT2D eigenvalue weighted by molar-refractivity contribution is -0.151. The van der Waals surface area contributed by atoms with Gasteiger partial charge >= 0.3 is 0 Å². The molecule has 5 rings (SSSR count). The number of piperidine rings is 1. The highest BCUT2D eigenvalue weighted by Crippen LogP contribution is 2.64. The summed E-state index contributed by atoms with van der Waals surface area (Å²) in [7, 11) is 0. The lowest BCUT2D eigenvalue weighted by Crippen LogP contribution is -2.67. The molecule has 2 aliphatic heterocycles. The van der Waals surface area contributed by atoms with Crippen molar-refractivity contribution in [1.29, 1.82) is 0 Å². The maximum atomic E-state index is 14.0. The zero-order valence-corrected chi connectivity index (χ0v) is 19.9. The zero-order valence-electron chi connectivity index (χ0n) is 17.5. The van der Waals surface area contributed by atoms with Gasteiger partial charge in [0, 0.05) is 27.5 Å². The predicted octanol–water partition coefficient (Wildman–Crippen LogP) is 3.96. The Balaban J connectivity index is 1.81. The average molecular weight is 517 g/mol. The Kier molecular flexibility index (Phi) is 4.91. The molecular weight excluding hydrogens is 494 g/mol. The molecule has 1 aliphatic carbocycles. The second kappa shape index (κ2) is 7.32. The summed E-state index contributed by atoms with van der Waals surface area (Å²) in [6, 6.07) is 12.6. The van der Waals surface area contributed by atoms with E-state index in [0.29, 0.717) is 5.02 Å². The van der Waals surface area contributed by atoms with E-state index in [1.807, 2.05) is 36.4 Å². The van der Waals surface area contributed by atoms with Crippen molar-refractivity contribution in [3.8, 4) is 0 Å². The van der Waals surface area contributed by atoms with Gasteiger partial charge in [-0.1, -0.05) is 52.7 Å². The third kappa shape index (κ3) is 3.09. The quantitative estimate of drug-likeness (QED) is 0.644. The first-order valence-electron chi connectivity index (χ1n) is 10.6. The fourth-order valence-corrected chi connectivity index (χ4v) is 6.39. The fraction of sp³-hybridized carbons (Fsp3) is 0.375. The highest BCUT2D eigenvalue weighted by Gasteiger charge is 2.69. The molecular formula is C24H23BrClN3O3. The van der Waals surface area contributed by atoms with E-state index in [1.165, 1.54) is 0 Å². The van der Waals surface area contributed by atoms with Gasteiger partial charge in [-0.15, -0.1) is 0 Å². The summed E-state index contributed by atoms with van der Waals surface area (Å²) in [4.78, 5) is 41.0. The Morgan fingerprint density at radius 1 is 1.25 bits per heavy atom. The van der Waals surface area contributed by atoms with Crippen molar-refractivity contribution in [2.75, 3.05) is 11.9 Å². The molecule has 32 heavy (non-hydrogen) atoms. The summed E-state index contributed by atoms with van der Waals surface area (Å²) in [5, 5.41) is 3.62. The van der Waals surface area contributed by atoms with E-state index in [4.69, 9.17) is 17.3 Å². The molecule has 3 amide bonds. The Morgan fingerprint density at radius 2 is 2.00 bits per heavy atom. The molecule has 0 unspecified atom stereocenters. The molecule has 166 valence electrons. The van der Waals surface area contributed by atoms with Crippen molar-refractivity contribution in [3.63, 3.8) is 0 Å². The third-order valence-electron chi connectivity index (χ3n) is 7.32. The first kappa shape index (κ1) is 21.5. The van der Waals surface area contributed by atoms with Crippen LogP contribution in [0.4, 0.5) is 5.69 Å². The molecule has 6 nitrogen and oxygen atoms in total. The molecule has 2 aromatic rings. The molecule has 0 radical (unpaired) electrons. The van der Waals surface area contributed by atoms with Crippen molar-refractivity contribution in [1.82, 2.24) is 4.90 Å². The van der Waals surface area contributed by atoms with Crippen molar-refractivity contribution < 1.29 is 14.4 Å². The lowest BCUT2D eigenvalue weighted by Gasteiger charge is -2.53. The Bertz CT molecular complexity index is 1160. The Labute approximate surface area is 199 Å². The molecule has 8 heteroatoms. The first-order valence-corrected chi connectivity index (χ1v) is 11.8. The molecule has 3 atom stereocenters. The van der Waals surface area contributed by atoms with Crippen LogP contribution in [0.3, 0.4) is 0 Å². The van der Waals surface area contributed by atoms with Gasteiger partial charge in [0.2, 0.25) is 17.7 Å². The van der Waals surface area contributed by atoms with Crippen molar-refractivity contribution >= 4 is 50.9 Å². The van der Waals surface area contributed by atoms with Crippen LogP contribution in [-0.2, 0) is 19.8 Å². The summed E-state index contributed by atoms with van der Waals surface area (Å²) in [6.07, 6.45) is 1.82. The van der Waals surface area contributed by atoms with Gasteiger partial charge in [-0.2, -0.15) is 0 Å². The van der Waals surface area contributed by atoms with Crippen LogP contribution in [0.15, 0.2) is 46.9 Å². The number of halogens is 2. The number of rotatable bonds is 4. The second-order valence-corrected chi connectivity index (χ2v) is 10.7. The van der Waals surface area contributed by atoms with Crippen LogP contribution >= 0.6 is 27.5 Å². The van der Waals surface area contributed by atoms with Gasteiger partial charge < -0.3 is 16.0 Å². The topological polar surface area (TPSA) is 92.5 Å². The van der Waals surface area contributed by atoms with Gasteiger partial charge in [0.15, 0.2) is 0 Å². The van der Waals surface area contributed by atoms with Crippen LogP contribution in [0, 0.1) is 5.41 Å². The molecule has 0 aromatic heterocycles. The second-order valence-electron chi connectivity index (χ2n) is 9.37. The summed E-state index contributed by atoms with van der Waals surface area (Å²) in [6.45, 7) is 1.88. The molecule has 3 aliphatic rings. The van der Waals surface area contributed by atoms with E-state index < -0.39 is 23.3 Å². The van der Waals surface area contributed by atoms with Gasteiger partial charge in [0.05, 0.1) is 12.6 Å². The highest BCUT2D eigenvalue weighted by atomic mass is 79.9. The van der Waals surface area contributed by atoms with E-state index in [2.05, 4.69) is 28.2 Å². The maximum absolute atomic E-state index is 14.0. The Morgan fingerprint density at radius 3 is 2.66 bits per heavy atom. The number of amides is 3. The molecule has 2 heterocycles. The highest BCUT2D eigenvalue weighted by molar-refractivity contribution is 9.10. The third-order valence-corrected chi connectivity index (χ3v) is 8.05. The number of fused-ring (bicyclic) bond motifs is 2. The van der Waals surface area contributed by atoms with E-state index in [0.717, 1.165) is 34.1 Å². The number of benzene rings is 2. The van der Waals surface area contributed by atoms with Gasteiger partial charge in [-0.25, -0.2) is 0 Å². The van der Waals surface area contributed by atoms with E-state index in [9.17, 15) is 14.4 Å². The van der Waals surface area contributed by atoms with E-state index in [-0.39, 0.29) is 30.2 Å². The first-order chi connectivity index (χ1) is 15.2. The molecule has 0 bridgehead atoms. The van der Waals surface area contributed by atoms with Crippen molar-refractivity contribution in [2.45, 2.75) is 43.6 Å². The number of nitrogens with zero attached hydrogens (tertiary/aromatic N) is 1. The number of hydrogen-bond donors (Lipinski definition) is 2. The molecule has 1 saturated heterocycles. The van der Waals surface area contributed by atoms with Crippen molar-refractivity contribution in [3.05, 3.63) is 63.1 Å². The summed E-state index contributed by atoms with van der Waals surface area (Å²) in [5.41, 5.74) is 6.60. The summed E-state index contributed by atoms with van der Waals surface area (Å²) in [5.74, 6) is -1.34. The zero-order chi connectivity index (χ0) is 22.8. The summed E-state index contributed by atoms with van der Waals surface area (Å²) < 4.78 is 0.850. The minimum absolute atomic E-state index is 0.0864. The van der Waals surface area contributed by atoms with Crippen LogP contribution in [-0.4, -0.2) is 35.2 Å². The minimum atomic E-state index is -1.06. The fourth-order valence-electron chi connectivity index (χ4n) is 5.83. The SMILES string of the molecule is CC1([C@@H]2N(CC(N)=O)C(=O)C[C@H](c3cccc(Cl)c3)[C@@]23C(=O)Nc2cc(Br)ccc23)CC1. The maximum Gasteiger partial charge on any atom is 0.237 e.